The van der Waals surface area contributed by atoms with Gasteiger partial charge in [0.1, 0.15) is 0 Å². The first-order valence-corrected chi connectivity index (χ1v) is 8.62. The molecular weight excluding hydrogens is 326 g/mol. The van der Waals surface area contributed by atoms with Gasteiger partial charge in [-0.1, -0.05) is 48.0 Å². The molecule has 1 heterocycles. The van der Waals surface area contributed by atoms with Crippen LogP contribution in [0.4, 0.5) is 5.69 Å². The molecule has 0 aromatic heterocycles. The SMILES string of the molecule is C=C(C)CN1C(=O)C(O)(CC(=O)c2cc(C)ccc2C)c2ccccc21. The molecule has 3 rings (SSSR count). The van der Waals surface area contributed by atoms with Crippen molar-refractivity contribution in [3.05, 3.63) is 76.9 Å². The fourth-order valence-corrected chi connectivity index (χ4v) is 3.47. The summed E-state index contributed by atoms with van der Waals surface area (Å²) in [5.41, 5.74) is 2.41. The first-order chi connectivity index (χ1) is 12.2. The summed E-state index contributed by atoms with van der Waals surface area (Å²) < 4.78 is 0. The number of ketones is 1. The molecule has 2 aromatic rings. The predicted molar refractivity (Wildman–Crippen MR) is 102 cm³/mol. The van der Waals surface area contributed by atoms with Crippen LogP contribution in [0, 0.1) is 13.8 Å². The number of anilines is 1. The molecule has 1 atom stereocenters. The van der Waals surface area contributed by atoms with Crippen molar-refractivity contribution < 1.29 is 14.7 Å². The van der Waals surface area contributed by atoms with Crippen LogP contribution in [0.25, 0.3) is 0 Å². The monoisotopic (exact) mass is 349 g/mol. The molecule has 1 aliphatic heterocycles. The lowest BCUT2D eigenvalue weighted by atomic mass is 9.87. The van der Waals surface area contributed by atoms with E-state index in [1.807, 2.05) is 39.0 Å². The third kappa shape index (κ3) is 2.97. The summed E-state index contributed by atoms with van der Waals surface area (Å²) in [6.07, 6.45) is -0.278. The number of aryl methyl sites for hydroxylation is 2. The van der Waals surface area contributed by atoms with E-state index in [2.05, 4.69) is 6.58 Å². The van der Waals surface area contributed by atoms with Crippen LogP contribution in [0.5, 0.6) is 0 Å². The van der Waals surface area contributed by atoms with Crippen LogP contribution in [-0.4, -0.2) is 23.3 Å². The van der Waals surface area contributed by atoms with Crippen molar-refractivity contribution in [1.29, 1.82) is 0 Å². The Hall–Kier alpha value is -2.72. The zero-order valence-electron chi connectivity index (χ0n) is 15.4. The van der Waals surface area contributed by atoms with E-state index in [0.29, 0.717) is 23.4 Å². The van der Waals surface area contributed by atoms with Crippen LogP contribution < -0.4 is 4.90 Å². The van der Waals surface area contributed by atoms with Gasteiger partial charge in [-0.05, 0) is 38.5 Å². The number of hydrogen-bond donors (Lipinski definition) is 1. The first kappa shape index (κ1) is 18.1. The van der Waals surface area contributed by atoms with Gasteiger partial charge in [0.05, 0.1) is 12.1 Å². The molecule has 1 unspecified atom stereocenters. The highest BCUT2D eigenvalue weighted by molar-refractivity contribution is 6.11. The molecule has 0 aliphatic carbocycles. The first-order valence-electron chi connectivity index (χ1n) is 8.62. The Bertz CT molecular complexity index is 915. The van der Waals surface area contributed by atoms with Gasteiger partial charge in [-0.15, -0.1) is 0 Å². The lowest BCUT2D eigenvalue weighted by Crippen LogP contribution is -2.42. The van der Waals surface area contributed by atoms with Crippen molar-refractivity contribution >= 4 is 17.4 Å². The summed E-state index contributed by atoms with van der Waals surface area (Å²) in [6, 6.07) is 12.7. The highest BCUT2D eigenvalue weighted by atomic mass is 16.3. The number of hydrogen-bond acceptors (Lipinski definition) is 3. The standard InChI is InChI=1S/C22H23NO3/c1-14(2)13-23-19-8-6-5-7-18(19)22(26,21(23)25)12-20(24)17-11-15(3)9-10-16(17)4/h5-11,26H,1,12-13H2,2-4H3. The number of fused-ring (bicyclic) bond motifs is 1. The van der Waals surface area contributed by atoms with E-state index in [1.165, 1.54) is 4.90 Å². The molecule has 26 heavy (non-hydrogen) atoms. The molecule has 1 amide bonds. The maximum absolute atomic E-state index is 13.0. The molecule has 0 fully saturated rings. The molecule has 0 saturated carbocycles. The number of amides is 1. The fourth-order valence-electron chi connectivity index (χ4n) is 3.47. The summed E-state index contributed by atoms with van der Waals surface area (Å²) in [6.45, 7) is 9.77. The molecule has 134 valence electrons. The van der Waals surface area contributed by atoms with Crippen LogP contribution >= 0.6 is 0 Å². The Morgan fingerprint density at radius 3 is 2.58 bits per heavy atom. The lowest BCUT2D eigenvalue weighted by molar-refractivity contribution is -0.135. The van der Waals surface area contributed by atoms with E-state index in [9.17, 15) is 14.7 Å². The second-order valence-electron chi connectivity index (χ2n) is 7.14. The average molecular weight is 349 g/mol. The van der Waals surface area contributed by atoms with Crippen LogP contribution in [0.1, 0.15) is 40.4 Å². The van der Waals surface area contributed by atoms with E-state index in [0.717, 1.165) is 16.7 Å². The highest BCUT2D eigenvalue weighted by Gasteiger charge is 2.50. The second kappa shape index (κ2) is 6.54. The molecule has 0 saturated heterocycles. The molecule has 2 aromatic carbocycles. The second-order valence-corrected chi connectivity index (χ2v) is 7.14. The Kier molecular flexibility index (Phi) is 4.55. The third-order valence-electron chi connectivity index (χ3n) is 4.78. The van der Waals surface area contributed by atoms with Crippen LogP contribution in [0.2, 0.25) is 0 Å². The van der Waals surface area contributed by atoms with Gasteiger partial charge in [0.25, 0.3) is 5.91 Å². The minimum absolute atomic E-state index is 0.242. The molecule has 0 spiro atoms. The quantitative estimate of drug-likeness (QED) is 0.662. The van der Waals surface area contributed by atoms with E-state index in [4.69, 9.17) is 0 Å². The Morgan fingerprint density at radius 1 is 1.19 bits per heavy atom. The van der Waals surface area contributed by atoms with Crippen LogP contribution in [0.3, 0.4) is 0 Å². The van der Waals surface area contributed by atoms with E-state index >= 15 is 0 Å². The number of para-hydroxylation sites is 1. The van der Waals surface area contributed by atoms with Crippen LogP contribution in [-0.2, 0) is 10.4 Å². The number of nitrogens with zero attached hydrogens (tertiary/aromatic N) is 1. The van der Waals surface area contributed by atoms with Gasteiger partial charge in [0.2, 0.25) is 0 Å². The summed E-state index contributed by atoms with van der Waals surface area (Å²) in [4.78, 5) is 27.4. The van der Waals surface area contributed by atoms with E-state index < -0.39 is 11.5 Å². The summed E-state index contributed by atoms with van der Waals surface area (Å²) >= 11 is 0. The molecule has 1 N–H and O–H groups in total. The van der Waals surface area contributed by atoms with Crippen molar-refractivity contribution in [3.63, 3.8) is 0 Å². The molecule has 4 nitrogen and oxygen atoms in total. The van der Waals surface area contributed by atoms with Crippen molar-refractivity contribution in [3.8, 4) is 0 Å². The molecule has 0 radical (unpaired) electrons. The number of Topliss-reactive ketones (excluding diaryl/α,β-unsaturated/α-hetero) is 1. The molecule has 1 aliphatic rings. The van der Waals surface area contributed by atoms with Gasteiger partial charge in [-0.25, -0.2) is 0 Å². The molecule has 0 bridgehead atoms. The van der Waals surface area contributed by atoms with Crippen molar-refractivity contribution in [2.75, 3.05) is 11.4 Å². The van der Waals surface area contributed by atoms with Gasteiger partial charge in [-0.3, -0.25) is 9.59 Å². The van der Waals surface area contributed by atoms with Gasteiger partial charge >= 0.3 is 0 Å². The maximum atomic E-state index is 13.0. The fraction of sp³-hybridized carbons (Fsp3) is 0.273. The summed E-state index contributed by atoms with van der Waals surface area (Å²) in [5.74, 6) is -0.714. The Labute approximate surface area is 153 Å². The smallest absolute Gasteiger partial charge is 0.264 e. The van der Waals surface area contributed by atoms with E-state index in [-0.39, 0.29) is 12.2 Å². The Balaban J connectivity index is 2.01. The van der Waals surface area contributed by atoms with Gasteiger partial charge < -0.3 is 10.0 Å². The number of carbonyl (C=O) groups is 2. The highest BCUT2D eigenvalue weighted by Crippen LogP contribution is 2.43. The van der Waals surface area contributed by atoms with Crippen molar-refractivity contribution in [2.45, 2.75) is 32.8 Å². The number of benzene rings is 2. The normalized spacial score (nSPS) is 18.8. The Morgan fingerprint density at radius 2 is 1.88 bits per heavy atom. The summed E-state index contributed by atoms with van der Waals surface area (Å²) in [7, 11) is 0. The summed E-state index contributed by atoms with van der Waals surface area (Å²) in [5, 5.41) is 11.2. The minimum atomic E-state index is -1.85. The number of rotatable bonds is 5. The van der Waals surface area contributed by atoms with E-state index in [1.54, 1.807) is 24.3 Å². The zero-order valence-corrected chi connectivity index (χ0v) is 15.4. The zero-order chi connectivity index (χ0) is 19.1. The predicted octanol–water partition coefficient (Wildman–Crippen LogP) is 3.69. The molecular formula is C22H23NO3. The number of aliphatic hydroxyl groups is 1. The third-order valence-corrected chi connectivity index (χ3v) is 4.78. The van der Waals surface area contributed by atoms with Crippen LogP contribution in [0.15, 0.2) is 54.6 Å². The number of carbonyl (C=O) groups excluding carboxylic acids is 2. The lowest BCUT2D eigenvalue weighted by Gasteiger charge is -2.23. The maximum Gasteiger partial charge on any atom is 0.264 e. The van der Waals surface area contributed by atoms with Gasteiger partial charge in [-0.2, -0.15) is 0 Å². The van der Waals surface area contributed by atoms with Crippen molar-refractivity contribution in [1.82, 2.24) is 0 Å². The topological polar surface area (TPSA) is 57.6 Å². The average Bonchev–Trinajstić information content (AvgIpc) is 2.79. The minimum Gasteiger partial charge on any atom is -0.375 e. The molecule has 4 heteroatoms. The van der Waals surface area contributed by atoms with Crippen molar-refractivity contribution in [2.24, 2.45) is 0 Å². The van der Waals surface area contributed by atoms with Gasteiger partial charge in [0.15, 0.2) is 11.4 Å². The largest absolute Gasteiger partial charge is 0.375 e. The van der Waals surface area contributed by atoms with Gasteiger partial charge in [0, 0.05) is 17.7 Å².